The van der Waals surface area contributed by atoms with Crippen molar-refractivity contribution in [2.75, 3.05) is 18.7 Å². The van der Waals surface area contributed by atoms with Crippen LogP contribution in [0.1, 0.15) is 31.1 Å². The van der Waals surface area contributed by atoms with Crippen molar-refractivity contribution in [1.29, 1.82) is 0 Å². The van der Waals surface area contributed by atoms with Crippen molar-refractivity contribution in [2.45, 2.75) is 26.9 Å². The molecule has 0 saturated heterocycles. The molecule has 1 atom stereocenters. The van der Waals surface area contributed by atoms with Crippen LogP contribution in [0.4, 0.5) is 5.69 Å². The van der Waals surface area contributed by atoms with Crippen molar-refractivity contribution in [3.63, 3.8) is 0 Å². The number of ether oxygens (including phenoxy) is 1. The van der Waals surface area contributed by atoms with Gasteiger partial charge in [-0.1, -0.05) is 41.4 Å². The molecule has 29 heavy (non-hydrogen) atoms. The lowest BCUT2D eigenvalue weighted by atomic mass is 10.1. The fraction of sp³-hybridized carbons (Fsp3) is 0.286. The molecule has 0 aromatic heterocycles. The zero-order chi connectivity index (χ0) is 21.1. The maximum absolute atomic E-state index is 12.6. The molecule has 7 nitrogen and oxygen atoms in total. The molecule has 0 saturated carbocycles. The third-order valence-electron chi connectivity index (χ3n) is 4.54. The van der Waals surface area contributed by atoms with E-state index in [0.29, 0.717) is 10.7 Å². The zero-order valence-electron chi connectivity index (χ0n) is 16.8. The highest BCUT2D eigenvalue weighted by Gasteiger charge is 2.40. The van der Waals surface area contributed by atoms with Gasteiger partial charge in [0.15, 0.2) is 6.17 Å². The predicted molar refractivity (Wildman–Crippen MR) is 112 cm³/mol. The molecule has 0 N–H and O–H groups in total. The summed E-state index contributed by atoms with van der Waals surface area (Å²) in [6.07, 6.45) is -0.586. The van der Waals surface area contributed by atoms with E-state index in [1.54, 1.807) is 43.2 Å². The number of halogens is 1. The quantitative estimate of drug-likeness (QED) is 0.713. The minimum absolute atomic E-state index is 0.0142. The molecule has 0 radical (unpaired) electrons. The normalized spacial score (nSPS) is 16.5. The molecule has 1 aliphatic heterocycles. The van der Waals surface area contributed by atoms with Gasteiger partial charge in [0.1, 0.15) is 0 Å². The molecule has 0 bridgehead atoms. The Labute approximate surface area is 175 Å². The first-order valence-corrected chi connectivity index (χ1v) is 9.61. The van der Waals surface area contributed by atoms with Crippen LogP contribution in [0.3, 0.4) is 0 Å². The van der Waals surface area contributed by atoms with Gasteiger partial charge in [0.05, 0.1) is 12.3 Å². The molecule has 152 valence electrons. The SMILES string of the molecule is CCOC(=O)C1=NN(c2ccc(Cl)cc2)[C@@H](c2ccc(C)cc2)N(C(C)=O)N1C. The van der Waals surface area contributed by atoms with Crippen LogP contribution in [-0.4, -0.2) is 41.4 Å². The second kappa shape index (κ2) is 8.53. The van der Waals surface area contributed by atoms with E-state index in [0.717, 1.165) is 11.1 Å². The highest BCUT2D eigenvalue weighted by Crippen LogP contribution is 2.35. The molecule has 0 spiro atoms. The number of benzene rings is 2. The van der Waals surface area contributed by atoms with Crippen LogP contribution in [0.15, 0.2) is 53.6 Å². The summed E-state index contributed by atoms with van der Waals surface area (Å²) in [5, 5.41) is 9.70. The Hall–Kier alpha value is -3.06. The van der Waals surface area contributed by atoms with Crippen LogP contribution >= 0.6 is 11.6 Å². The summed E-state index contributed by atoms with van der Waals surface area (Å²) in [7, 11) is 1.62. The Balaban J connectivity index is 2.19. The van der Waals surface area contributed by atoms with Crippen molar-refractivity contribution < 1.29 is 14.3 Å². The number of nitrogens with zero attached hydrogens (tertiary/aromatic N) is 4. The number of amidine groups is 1. The molecule has 0 fully saturated rings. The largest absolute Gasteiger partial charge is 0.460 e. The van der Waals surface area contributed by atoms with E-state index < -0.39 is 12.1 Å². The highest BCUT2D eigenvalue weighted by molar-refractivity contribution is 6.35. The van der Waals surface area contributed by atoms with Crippen LogP contribution in [0.5, 0.6) is 0 Å². The van der Waals surface area contributed by atoms with Gasteiger partial charge in [-0.2, -0.15) is 0 Å². The van der Waals surface area contributed by atoms with Gasteiger partial charge in [0.25, 0.3) is 5.84 Å². The van der Waals surface area contributed by atoms with E-state index >= 15 is 0 Å². The summed E-state index contributed by atoms with van der Waals surface area (Å²) in [5.41, 5.74) is 2.63. The number of hydrazine groups is 1. The molecule has 1 heterocycles. The molecule has 1 aliphatic rings. The van der Waals surface area contributed by atoms with Crippen LogP contribution in [0, 0.1) is 6.92 Å². The van der Waals surface area contributed by atoms with Crippen LogP contribution in [0.2, 0.25) is 5.02 Å². The lowest BCUT2D eigenvalue weighted by Crippen LogP contribution is -2.58. The number of esters is 1. The first-order chi connectivity index (χ1) is 13.8. The van der Waals surface area contributed by atoms with E-state index in [-0.39, 0.29) is 18.3 Å². The number of likely N-dealkylation sites (N-methyl/N-ethyl adjacent to an activating group) is 1. The number of amides is 1. The maximum Gasteiger partial charge on any atom is 0.377 e. The fourth-order valence-corrected chi connectivity index (χ4v) is 3.28. The number of carbonyl (C=O) groups excluding carboxylic acids is 2. The minimum atomic E-state index is -0.609. The molecule has 8 heteroatoms. The smallest absolute Gasteiger partial charge is 0.377 e. The second-order valence-corrected chi connectivity index (χ2v) is 7.07. The summed E-state index contributed by atoms with van der Waals surface area (Å²) in [5.74, 6) is -0.836. The first kappa shape index (κ1) is 20.7. The van der Waals surface area contributed by atoms with Gasteiger partial charge in [-0.3, -0.25) is 9.80 Å². The molecule has 0 unspecified atom stereocenters. The van der Waals surface area contributed by atoms with E-state index in [2.05, 4.69) is 5.10 Å². The molecular weight excluding hydrogens is 392 g/mol. The van der Waals surface area contributed by atoms with Gasteiger partial charge in [-0.25, -0.2) is 14.8 Å². The predicted octanol–water partition coefficient (Wildman–Crippen LogP) is 3.74. The Kier molecular flexibility index (Phi) is 6.08. The Morgan fingerprint density at radius 1 is 1.10 bits per heavy atom. The Morgan fingerprint density at radius 2 is 1.72 bits per heavy atom. The summed E-state index contributed by atoms with van der Waals surface area (Å²) in [4.78, 5) is 25.2. The molecule has 3 rings (SSSR count). The van der Waals surface area contributed by atoms with Gasteiger partial charge < -0.3 is 4.74 Å². The molecule has 2 aromatic rings. The maximum atomic E-state index is 12.6. The number of hydrogen-bond donors (Lipinski definition) is 0. The summed E-state index contributed by atoms with van der Waals surface area (Å²) >= 11 is 6.04. The lowest BCUT2D eigenvalue weighted by molar-refractivity contribution is -0.147. The second-order valence-electron chi connectivity index (χ2n) is 6.64. The van der Waals surface area contributed by atoms with Crippen molar-refractivity contribution in [1.82, 2.24) is 10.0 Å². The third-order valence-corrected chi connectivity index (χ3v) is 4.79. The number of hydrazone groups is 1. The fourth-order valence-electron chi connectivity index (χ4n) is 3.16. The van der Waals surface area contributed by atoms with Crippen LogP contribution in [-0.2, 0) is 14.3 Å². The first-order valence-electron chi connectivity index (χ1n) is 9.24. The average molecular weight is 415 g/mol. The molecule has 2 aromatic carbocycles. The number of hydrogen-bond acceptors (Lipinski definition) is 6. The third kappa shape index (κ3) is 4.19. The molecular formula is C21H23ClN4O3. The van der Waals surface area contributed by atoms with Crippen molar-refractivity contribution in [3.05, 3.63) is 64.7 Å². The van der Waals surface area contributed by atoms with Gasteiger partial charge in [0.2, 0.25) is 5.91 Å². The molecule has 0 aliphatic carbocycles. The lowest BCUT2D eigenvalue weighted by Gasteiger charge is -2.46. The molecule has 1 amide bonds. The topological polar surface area (TPSA) is 65.5 Å². The summed E-state index contributed by atoms with van der Waals surface area (Å²) in [6, 6.07) is 14.9. The van der Waals surface area contributed by atoms with Gasteiger partial charge >= 0.3 is 5.97 Å². The average Bonchev–Trinajstić information content (AvgIpc) is 2.69. The standard InChI is InChI=1S/C21H23ClN4O3/c1-5-29-21(28)19-23-25(18-12-10-17(22)11-13-18)20(26(15(3)27)24(19)4)16-8-6-14(2)7-9-16/h6-13,20H,5H2,1-4H3/t20-/m1/s1. The number of anilines is 1. The number of rotatable bonds is 4. The van der Waals surface area contributed by atoms with Crippen LogP contribution in [0.25, 0.3) is 0 Å². The van der Waals surface area contributed by atoms with E-state index in [9.17, 15) is 9.59 Å². The zero-order valence-corrected chi connectivity index (χ0v) is 17.6. The van der Waals surface area contributed by atoms with E-state index in [1.807, 2.05) is 31.2 Å². The highest BCUT2D eigenvalue weighted by atomic mass is 35.5. The summed E-state index contributed by atoms with van der Waals surface area (Å²) < 4.78 is 5.14. The Bertz CT molecular complexity index is 928. The van der Waals surface area contributed by atoms with E-state index in [1.165, 1.54) is 16.9 Å². The van der Waals surface area contributed by atoms with Gasteiger partial charge in [-0.05, 0) is 43.7 Å². The number of carbonyl (C=O) groups is 2. The Morgan fingerprint density at radius 3 is 2.28 bits per heavy atom. The van der Waals surface area contributed by atoms with Crippen molar-refractivity contribution in [3.8, 4) is 0 Å². The number of aryl methyl sites for hydroxylation is 1. The van der Waals surface area contributed by atoms with Crippen molar-refractivity contribution in [2.24, 2.45) is 5.10 Å². The minimum Gasteiger partial charge on any atom is -0.460 e. The summed E-state index contributed by atoms with van der Waals surface area (Å²) in [6.45, 7) is 5.36. The van der Waals surface area contributed by atoms with Crippen molar-refractivity contribution >= 4 is 35.0 Å². The monoisotopic (exact) mass is 414 g/mol. The van der Waals surface area contributed by atoms with Crippen LogP contribution < -0.4 is 5.01 Å². The van der Waals surface area contributed by atoms with Gasteiger partial charge in [0, 0.05) is 19.0 Å². The van der Waals surface area contributed by atoms with Gasteiger partial charge in [-0.15, -0.1) is 5.10 Å². The van der Waals surface area contributed by atoms with E-state index in [4.69, 9.17) is 16.3 Å².